The minimum atomic E-state index is -0.817. The van der Waals surface area contributed by atoms with E-state index in [1.165, 1.54) is 6.07 Å². The summed E-state index contributed by atoms with van der Waals surface area (Å²) < 4.78 is 28.7. The highest BCUT2D eigenvalue weighted by atomic mass is 19.1. The SMILES string of the molecule is C[C@H]1Cc2[nH]cc(C(=O)Nc3ccc(F)cc3F)c2-c2nccn21. The number of aromatic nitrogens is 3. The second-order valence-electron chi connectivity index (χ2n) is 5.85. The lowest BCUT2D eigenvalue weighted by Gasteiger charge is -2.22. The summed E-state index contributed by atoms with van der Waals surface area (Å²) >= 11 is 0. The van der Waals surface area contributed by atoms with Crippen LogP contribution in [0.25, 0.3) is 11.4 Å². The molecule has 0 bridgehead atoms. The molecule has 5 nitrogen and oxygen atoms in total. The molecule has 2 aromatic heterocycles. The maximum absolute atomic E-state index is 13.8. The summed E-state index contributed by atoms with van der Waals surface area (Å²) in [6.07, 6.45) is 5.90. The van der Waals surface area contributed by atoms with Gasteiger partial charge in [0.2, 0.25) is 0 Å². The van der Waals surface area contributed by atoms with Crippen molar-refractivity contribution in [1.29, 1.82) is 0 Å². The van der Waals surface area contributed by atoms with Crippen LogP contribution in [0.3, 0.4) is 0 Å². The Morgan fingerprint density at radius 1 is 1.42 bits per heavy atom. The lowest BCUT2D eigenvalue weighted by Crippen LogP contribution is -2.18. The lowest BCUT2D eigenvalue weighted by molar-refractivity contribution is 0.102. The number of anilines is 1. The zero-order chi connectivity index (χ0) is 16.8. The number of hydrogen-bond donors (Lipinski definition) is 2. The highest BCUT2D eigenvalue weighted by molar-refractivity contribution is 6.08. The maximum Gasteiger partial charge on any atom is 0.258 e. The zero-order valence-electron chi connectivity index (χ0n) is 12.8. The van der Waals surface area contributed by atoms with E-state index in [1.54, 1.807) is 12.4 Å². The van der Waals surface area contributed by atoms with Crippen LogP contribution >= 0.6 is 0 Å². The number of halogens is 2. The van der Waals surface area contributed by atoms with Crippen LogP contribution in [-0.2, 0) is 6.42 Å². The van der Waals surface area contributed by atoms with Gasteiger partial charge in [-0.3, -0.25) is 4.79 Å². The molecule has 1 atom stereocenters. The predicted molar refractivity (Wildman–Crippen MR) is 84.7 cm³/mol. The first kappa shape index (κ1) is 14.6. The van der Waals surface area contributed by atoms with E-state index in [4.69, 9.17) is 0 Å². The summed E-state index contributed by atoms with van der Waals surface area (Å²) in [6, 6.07) is 3.26. The van der Waals surface area contributed by atoms with Gasteiger partial charge in [-0.2, -0.15) is 0 Å². The van der Waals surface area contributed by atoms with Gasteiger partial charge in [-0.15, -0.1) is 0 Å². The average Bonchev–Trinajstić information content (AvgIpc) is 3.16. The van der Waals surface area contributed by atoms with Crippen LogP contribution in [0.2, 0.25) is 0 Å². The number of benzene rings is 1. The van der Waals surface area contributed by atoms with Gasteiger partial charge < -0.3 is 14.9 Å². The van der Waals surface area contributed by atoms with E-state index in [0.717, 1.165) is 29.8 Å². The van der Waals surface area contributed by atoms with Crippen LogP contribution in [0.5, 0.6) is 0 Å². The Morgan fingerprint density at radius 2 is 2.25 bits per heavy atom. The molecule has 0 aliphatic carbocycles. The molecule has 7 heteroatoms. The van der Waals surface area contributed by atoms with E-state index in [1.807, 2.05) is 10.8 Å². The largest absolute Gasteiger partial charge is 0.364 e. The van der Waals surface area contributed by atoms with Crippen molar-refractivity contribution in [2.45, 2.75) is 19.4 Å². The number of rotatable bonds is 2. The normalized spacial score (nSPS) is 15.7. The summed E-state index contributed by atoms with van der Waals surface area (Å²) in [5.41, 5.74) is 1.96. The van der Waals surface area contributed by atoms with Crippen molar-refractivity contribution in [3.63, 3.8) is 0 Å². The number of H-pyrrole nitrogens is 1. The van der Waals surface area contributed by atoms with Crippen molar-refractivity contribution >= 4 is 11.6 Å². The molecule has 0 fully saturated rings. The Bertz CT molecular complexity index is 944. The third-order valence-electron chi connectivity index (χ3n) is 4.25. The summed E-state index contributed by atoms with van der Waals surface area (Å²) in [6.45, 7) is 2.07. The van der Waals surface area contributed by atoms with Crippen LogP contribution in [0, 0.1) is 11.6 Å². The van der Waals surface area contributed by atoms with Crippen molar-refractivity contribution in [3.05, 3.63) is 59.7 Å². The molecule has 3 heterocycles. The second-order valence-corrected chi connectivity index (χ2v) is 5.85. The van der Waals surface area contributed by atoms with Crippen LogP contribution in [0.15, 0.2) is 36.8 Å². The van der Waals surface area contributed by atoms with Gasteiger partial charge in [-0.25, -0.2) is 13.8 Å². The maximum atomic E-state index is 13.8. The van der Waals surface area contributed by atoms with Crippen LogP contribution in [0.4, 0.5) is 14.5 Å². The summed E-state index contributed by atoms with van der Waals surface area (Å²) in [7, 11) is 0. The van der Waals surface area contributed by atoms with Crippen LogP contribution in [0.1, 0.15) is 29.0 Å². The predicted octanol–water partition coefficient (Wildman–Crippen LogP) is 3.53. The minimum Gasteiger partial charge on any atom is -0.364 e. The molecule has 0 spiro atoms. The first-order valence-electron chi connectivity index (χ1n) is 7.54. The Balaban J connectivity index is 1.71. The molecule has 0 radical (unpaired) electrons. The number of carbonyl (C=O) groups excluding carboxylic acids is 1. The first-order chi connectivity index (χ1) is 11.5. The van der Waals surface area contributed by atoms with Gasteiger partial charge in [-0.05, 0) is 19.1 Å². The summed E-state index contributed by atoms with van der Waals surface area (Å²) in [5, 5.41) is 2.49. The topological polar surface area (TPSA) is 62.7 Å². The molecule has 1 aliphatic heterocycles. The molecular formula is C17H14F2N4O. The Labute approximate surface area is 136 Å². The fraction of sp³-hybridized carbons (Fsp3) is 0.176. The molecule has 0 saturated heterocycles. The van der Waals surface area contributed by atoms with Gasteiger partial charge in [0.05, 0.1) is 16.8 Å². The lowest BCUT2D eigenvalue weighted by atomic mass is 10.0. The number of nitrogens with one attached hydrogen (secondary N) is 2. The van der Waals surface area contributed by atoms with Gasteiger partial charge in [-0.1, -0.05) is 0 Å². The minimum absolute atomic E-state index is 0.0659. The Morgan fingerprint density at radius 3 is 3.04 bits per heavy atom. The number of fused-ring (bicyclic) bond motifs is 3. The van der Waals surface area contributed by atoms with E-state index in [2.05, 4.69) is 22.2 Å². The monoisotopic (exact) mass is 328 g/mol. The molecule has 1 amide bonds. The molecule has 4 rings (SSSR count). The number of hydrogen-bond acceptors (Lipinski definition) is 2. The Kier molecular flexibility index (Phi) is 3.23. The molecule has 2 N–H and O–H groups in total. The molecule has 1 aliphatic rings. The Hall–Kier alpha value is -2.96. The molecule has 3 aromatic rings. The number of aromatic amines is 1. The number of amides is 1. The highest BCUT2D eigenvalue weighted by Gasteiger charge is 2.28. The molecule has 0 unspecified atom stereocenters. The average molecular weight is 328 g/mol. The van der Waals surface area contributed by atoms with E-state index < -0.39 is 17.5 Å². The number of imidazole rings is 1. The quantitative estimate of drug-likeness (QED) is 0.756. The fourth-order valence-corrected chi connectivity index (χ4v) is 3.10. The van der Waals surface area contributed by atoms with Crippen LogP contribution < -0.4 is 5.32 Å². The zero-order valence-corrected chi connectivity index (χ0v) is 12.8. The fourth-order valence-electron chi connectivity index (χ4n) is 3.10. The van der Waals surface area contributed by atoms with Crippen LogP contribution in [-0.4, -0.2) is 20.4 Å². The molecule has 24 heavy (non-hydrogen) atoms. The van der Waals surface area contributed by atoms with Gasteiger partial charge in [0, 0.05) is 42.8 Å². The van der Waals surface area contributed by atoms with Gasteiger partial charge in [0.15, 0.2) is 0 Å². The smallest absolute Gasteiger partial charge is 0.258 e. The first-order valence-corrected chi connectivity index (χ1v) is 7.54. The number of nitrogens with zero attached hydrogens (tertiary/aromatic N) is 2. The van der Waals surface area contributed by atoms with Crippen molar-refractivity contribution in [3.8, 4) is 11.4 Å². The van der Waals surface area contributed by atoms with Gasteiger partial charge in [0.25, 0.3) is 5.91 Å². The molecule has 1 aromatic carbocycles. The standard InChI is InChI=1S/C17H14F2N4O/c1-9-6-14-15(16-20-4-5-23(9)16)11(8-21-14)17(24)22-13-3-2-10(18)7-12(13)19/h2-5,7-9,21H,6H2,1H3,(H,22,24)/t9-/m0/s1. The third-order valence-corrected chi connectivity index (χ3v) is 4.25. The highest BCUT2D eigenvalue weighted by Crippen LogP contribution is 2.35. The molecular weight excluding hydrogens is 314 g/mol. The van der Waals surface area contributed by atoms with Crippen molar-refractivity contribution in [1.82, 2.24) is 14.5 Å². The molecule has 0 saturated carbocycles. The number of carbonyl (C=O) groups is 1. The van der Waals surface area contributed by atoms with Gasteiger partial charge >= 0.3 is 0 Å². The third kappa shape index (κ3) is 2.20. The van der Waals surface area contributed by atoms with E-state index in [9.17, 15) is 13.6 Å². The molecule has 122 valence electrons. The van der Waals surface area contributed by atoms with Crippen molar-refractivity contribution < 1.29 is 13.6 Å². The van der Waals surface area contributed by atoms with E-state index in [-0.39, 0.29) is 11.7 Å². The summed E-state index contributed by atoms with van der Waals surface area (Å²) in [4.78, 5) is 20.0. The summed E-state index contributed by atoms with van der Waals surface area (Å²) in [5.74, 6) is -1.28. The van der Waals surface area contributed by atoms with E-state index >= 15 is 0 Å². The van der Waals surface area contributed by atoms with Crippen molar-refractivity contribution in [2.75, 3.05) is 5.32 Å². The van der Waals surface area contributed by atoms with Crippen molar-refractivity contribution in [2.24, 2.45) is 0 Å². The van der Waals surface area contributed by atoms with E-state index in [0.29, 0.717) is 11.4 Å². The van der Waals surface area contributed by atoms with Gasteiger partial charge in [0.1, 0.15) is 17.5 Å². The second kappa shape index (κ2) is 5.30.